The zero-order valence-corrected chi connectivity index (χ0v) is 15.3. The lowest BCUT2D eigenvalue weighted by atomic mass is 9.98. The fraction of sp³-hybridized carbons (Fsp3) is 0.350. The lowest BCUT2D eigenvalue weighted by Crippen LogP contribution is -2.33. The van der Waals surface area contributed by atoms with Gasteiger partial charge in [-0.05, 0) is 60.1 Å². The minimum atomic E-state index is -1.49. The van der Waals surface area contributed by atoms with Crippen LogP contribution in [0.4, 0.5) is 13.2 Å². The van der Waals surface area contributed by atoms with Gasteiger partial charge in [0.25, 0.3) is 5.91 Å². The summed E-state index contributed by atoms with van der Waals surface area (Å²) in [6, 6.07) is 8.54. The molecule has 1 saturated heterocycles. The van der Waals surface area contributed by atoms with Crippen LogP contribution in [0.5, 0.6) is 0 Å². The van der Waals surface area contributed by atoms with E-state index in [1.807, 2.05) is 4.90 Å². The van der Waals surface area contributed by atoms with Crippen molar-refractivity contribution in [3.05, 3.63) is 59.4 Å². The molecule has 7 heteroatoms. The Kier molecular flexibility index (Phi) is 5.49. The van der Waals surface area contributed by atoms with Gasteiger partial charge in [0.2, 0.25) is 0 Å². The fourth-order valence-electron chi connectivity index (χ4n) is 4.18. The summed E-state index contributed by atoms with van der Waals surface area (Å²) in [4.78, 5) is 14.5. The first-order valence-electron chi connectivity index (χ1n) is 8.74. The molecule has 144 valence electrons. The number of carbonyl (C=O) groups is 1. The third kappa shape index (κ3) is 3.56. The highest BCUT2D eigenvalue weighted by Gasteiger charge is 2.42. The molecule has 27 heavy (non-hydrogen) atoms. The Hall–Kier alpha value is -2.05. The van der Waals surface area contributed by atoms with Gasteiger partial charge in [-0.1, -0.05) is 12.1 Å². The summed E-state index contributed by atoms with van der Waals surface area (Å²) in [7, 11) is 0. The molecule has 1 heterocycles. The van der Waals surface area contributed by atoms with Gasteiger partial charge in [-0.25, -0.2) is 13.2 Å². The molecule has 0 spiro atoms. The van der Waals surface area contributed by atoms with Gasteiger partial charge < -0.3 is 10.6 Å². The number of amides is 1. The minimum absolute atomic E-state index is 0. The SMILES string of the molecule is Cl.NC1CCC2CN(C(=O)c3ccc(-c4cc(F)c(F)c(F)c4)cc3)CC12. The third-order valence-corrected chi connectivity index (χ3v) is 5.65. The molecule has 3 nitrogen and oxygen atoms in total. The Morgan fingerprint density at radius 1 is 0.963 bits per heavy atom. The number of benzene rings is 2. The summed E-state index contributed by atoms with van der Waals surface area (Å²) < 4.78 is 39.9. The van der Waals surface area contributed by atoms with E-state index in [0.717, 1.165) is 31.5 Å². The van der Waals surface area contributed by atoms with E-state index in [9.17, 15) is 18.0 Å². The van der Waals surface area contributed by atoms with E-state index in [4.69, 9.17) is 5.73 Å². The van der Waals surface area contributed by atoms with Crippen molar-refractivity contribution in [2.24, 2.45) is 17.6 Å². The van der Waals surface area contributed by atoms with Crippen LogP contribution in [0.2, 0.25) is 0 Å². The van der Waals surface area contributed by atoms with Gasteiger partial charge in [0, 0.05) is 24.7 Å². The summed E-state index contributed by atoms with van der Waals surface area (Å²) in [6.07, 6.45) is 2.09. The molecule has 2 aromatic rings. The Labute approximate surface area is 161 Å². The second-order valence-electron chi connectivity index (χ2n) is 7.21. The Morgan fingerprint density at radius 2 is 1.59 bits per heavy atom. The normalized spacial score (nSPS) is 23.9. The summed E-state index contributed by atoms with van der Waals surface area (Å²) in [5.74, 6) is -3.16. The van der Waals surface area contributed by atoms with E-state index >= 15 is 0 Å². The molecule has 3 atom stereocenters. The molecule has 0 bridgehead atoms. The van der Waals surface area contributed by atoms with Gasteiger partial charge in [-0.2, -0.15) is 0 Å². The number of fused-ring (bicyclic) bond motifs is 1. The van der Waals surface area contributed by atoms with Crippen LogP contribution in [0.25, 0.3) is 11.1 Å². The molecular weight excluding hydrogens is 377 g/mol. The summed E-state index contributed by atoms with van der Waals surface area (Å²) in [6.45, 7) is 1.41. The first-order valence-corrected chi connectivity index (χ1v) is 8.74. The molecule has 2 fully saturated rings. The zero-order chi connectivity index (χ0) is 18.4. The number of likely N-dealkylation sites (tertiary alicyclic amines) is 1. The smallest absolute Gasteiger partial charge is 0.253 e. The van der Waals surface area contributed by atoms with Gasteiger partial charge in [-0.3, -0.25) is 4.79 Å². The predicted octanol–water partition coefficient (Wildman–Crippen LogP) is 4.00. The van der Waals surface area contributed by atoms with Crippen LogP contribution in [-0.2, 0) is 0 Å². The number of hydrogen-bond donors (Lipinski definition) is 1. The summed E-state index contributed by atoms with van der Waals surface area (Å²) >= 11 is 0. The number of halogens is 4. The highest BCUT2D eigenvalue weighted by atomic mass is 35.5. The van der Waals surface area contributed by atoms with Gasteiger partial charge in [0.1, 0.15) is 0 Å². The zero-order valence-electron chi connectivity index (χ0n) is 14.5. The average Bonchev–Trinajstić information content (AvgIpc) is 3.21. The van der Waals surface area contributed by atoms with Crippen LogP contribution >= 0.6 is 12.4 Å². The lowest BCUT2D eigenvalue weighted by molar-refractivity contribution is 0.0779. The highest BCUT2D eigenvalue weighted by molar-refractivity contribution is 5.95. The maximum absolute atomic E-state index is 13.4. The molecule has 3 unspecified atom stereocenters. The van der Waals surface area contributed by atoms with Crippen LogP contribution in [-0.4, -0.2) is 29.9 Å². The van der Waals surface area contributed by atoms with Crippen molar-refractivity contribution in [2.45, 2.75) is 18.9 Å². The first-order chi connectivity index (χ1) is 12.4. The molecule has 2 aromatic carbocycles. The monoisotopic (exact) mass is 396 g/mol. The van der Waals surface area contributed by atoms with E-state index in [-0.39, 0.29) is 29.9 Å². The van der Waals surface area contributed by atoms with E-state index in [0.29, 0.717) is 29.5 Å². The fourth-order valence-corrected chi connectivity index (χ4v) is 4.18. The summed E-state index contributed by atoms with van der Waals surface area (Å²) in [5, 5.41) is 0. The minimum Gasteiger partial charge on any atom is -0.338 e. The lowest BCUT2D eigenvalue weighted by Gasteiger charge is -2.19. The van der Waals surface area contributed by atoms with Crippen LogP contribution in [0.1, 0.15) is 23.2 Å². The maximum atomic E-state index is 13.4. The van der Waals surface area contributed by atoms with E-state index < -0.39 is 17.5 Å². The molecule has 0 aromatic heterocycles. The topological polar surface area (TPSA) is 46.3 Å². The van der Waals surface area contributed by atoms with Crippen molar-refractivity contribution in [3.8, 4) is 11.1 Å². The summed E-state index contributed by atoms with van der Waals surface area (Å²) in [5.41, 5.74) is 7.37. The van der Waals surface area contributed by atoms with Gasteiger partial charge in [0.15, 0.2) is 17.5 Å². The molecule has 1 saturated carbocycles. The van der Waals surface area contributed by atoms with Crippen LogP contribution in [0.3, 0.4) is 0 Å². The molecule has 2 N–H and O–H groups in total. The van der Waals surface area contributed by atoms with E-state index in [1.165, 1.54) is 0 Å². The quantitative estimate of drug-likeness (QED) is 0.780. The van der Waals surface area contributed by atoms with Crippen molar-refractivity contribution in [3.63, 3.8) is 0 Å². The Morgan fingerprint density at radius 3 is 2.19 bits per heavy atom. The number of nitrogens with two attached hydrogens (primary N) is 1. The largest absolute Gasteiger partial charge is 0.338 e. The number of carbonyl (C=O) groups excluding carboxylic acids is 1. The van der Waals surface area contributed by atoms with Gasteiger partial charge >= 0.3 is 0 Å². The van der Waals surface area contributed by atoms with Gasteiger partial charge in [0.05, 0.1) is 0 Å². The number of nitrogens with zero attached hydrogens (tertiary/aromatic N) is 1. The number of rotatable bonds is 2. The predicted molar refractivity (Wildman–Crippen MR) is 99.1 cm³/mol. The molecule has 0 radical (unpaired) electrons. The van der Waals surface area contributed by atoms with E-state index in [1.54, 1.807) is 24.3 Å². The molecule has 1 aliphatic carbocycles. The molecule has 1 aliphatic heterocycles. The standard InChI is InChI=1S/C20H19F3N2O.ClH/c21-16-7-14(8-17(22)19(16)23)11-1-3-12(4-2-11)20(26)25-9-13-5-6-18(24)15(13)10-25;/h1-4,7-8,13,15,18H,5-6,9-10,24H2;1H. The van der Waals surface area contributed by atoms with Crippen molar-refractivity contribution >= 4 is 18.3 Å². The molecular formula is C20H20ClF3N2O. The molecule has 4 rings (SSSR count). The molecule has 1 amide bonds. The second-order valence-corrected chi connectivity index (χ2v) is 7.21. The van der Waals surface area contributed by atoms with Crippen molar-refractivity contribution < 1.29 is 18.0 Å². The Bertz CT molecular complexity index is 836. The van der Waals surface area contributed by atoms with Crippen LogP contribution in [0.15, 0.2) is 36.4 Å². The van der Waals surface area contributed by atoms with E-state index in [2.05, 4.69) is 0 Å². The highest BCUT2D eigenvalue weighted by Crippen LogP contribution is 2.37. The van der Waals surface area contributed by atoms with Crippen LogP contribution < -0.4 is 5.73 Å². The van der Waals surface area contributed by atoms with Crippen molar-refractivity contribution in [1.29, 1.82) is 0 Å². The first kappa shape index (κ1) is 19.7. The Balaban J connectivity index is 0.00000210. The third-order valence-electron chi connectivity index (χ3n) is 5.65. The van der Waals surface area contributed by atoms with Gasteiger partial charge in [-0.15, -0.1) is 12.4 Å². The molecule has 2 aliphatic rings. The second kappa shape index (κ2) is 7.52. The van der Waals surface area contributed by atoms with Crippen molar-refractivity contribution in [2.75, 3.05) is 13.1 Å². The average molecular weight is 397 g/mol. The van der Waals surface area contributed by atoms with Crippen molar-refractivity contribution in [1.82, 2.24) is 4.90 Å². The maximum Gasteiger partial charge on any atom is 0.253 e. The number of hydrogen-bond acceptors (Lipinski definition) is 2. The van der Waals surface area contributed by atoms with Crippen LogP contribution in [0, 0.1) is 29.3 Å².